The molecule has 0 aliphatic carbocycles. The van der Waals surface area contributed by atoms with Gasteiger partial charge in [-0.3, -0.25) is 4.79 Å². The Bertz CT molecular complexity index is 751. The Labute approximate surface area is 154 Å². The zero-order chi connectivity index (χ0) is 18.5. The molecule has 0 spiro atoms. The minimum atomic E-state index is -0.103. The summed E-state index contributed by atoms with van der Waals surface area (Å²) in [6.07, 6.45) is 4.99. The maximum atomic E-state index is 12.5. The smallest absolute Gasteiger partial charge is 0.253 e. The van der Waals surface area contributed by atoms with Crippen molar-refractivity contribution < 1.29 is 14.3 Å². The summed E-state index contributed by atoms with van der Waals surface area (Å²) in [6, 6.07) is 2.10. The highest BCUT2D eigenvalue weighted by atomic mass is 16.5. The summed E-state index contributed by atoms with van der Waals surface area (Å²) >= 11 is 0. The van der Waals surface area contributed by atoms with Gasteiger partial charge in [0.15, 0.2) is 5.65 Å². The van der Waals surface area contributed by atoms with Crippen LogP contribution in [0.3, 0.4) is 0 Å². The van der Waals surface area contributed by atoms with E-state index < -0.39 is 0 Å². The minimum Gasteiger partial charge on any atom is -0.379 e. The molecule has 7 nitrogen and oxygen atoms in total. The molecule has 2 aromatic heterocycles. The van der Waals surface area contributed by atoms with Gasteiger partial charge in [0, 0.05) is 31.2 Å². The summed E-state index contributed by atoms with van der Waals surface area (Å²) in [6.45, 7) is 8.67. The van der Waals surface area contributed by atoms with Gasteiger partial charge in [-0.1, -0.05) is 0 Å². The van der Waals surface area contributed by atoms with Crippen LogP contribution in [0.15, 0.2) is 12.3 Å². The Morgan fingerprint density at radius 2 is 2.35 bits per heavy atom. The fourth-order valence-corrected chi connectivity index (χ4v) is 3.14. The standard InChI is InChI=1S/C19H28N4O3/c1-13(2)23-18-15(11-21-23)10-17(14(3)22-18)19(24)20-7-5-8-25-12-16-6-4-9-26-16/h10-11,13,16H,4-9,12H2,1-3H3,(H,20,24). The van der Waals surface area contributed by atoms with Crippen molar-refractivity contribution >= 4 is 16.9 Å². The van der Waals surface area contributed by atoms with Crippen LogP contribution in [0.1, 0.15) is 55.2 Å². The summed E-state index contributed by atoms with van der Waals surface area (Å²) in [4.78, 5) is 17.0. The second-order valence-electron chi connectivity index (χ2n) is 7.04. The Kier molecular flexibility index (Phi) is 6.21. The van der Waals surface area contributed by atoms with Crippen LogP contribution in [0.4, 0.5) is 0 Å². The average Bonchev–Trinajstić information content (AvgIpc) is 3.26. The van der Waals surface area contributed by atoms with E-state index in [0.29, 0.717) is 31.0 Å². The van der Waals surface area contributed by atoms with Crippen LogP contribution in [0, 0.1) is 6.92 Å². The number of aryl methyl sites for hydroxylation is 1. The Hall–Kier alpha value is -1.99. The number of hydrogen-bond acceptors (Lipinski definition) is 5. The molecule has 1 fully saturated rings. The van der Waals surface area contributed by atoms with Gasteiger partial charge >= 0.3 is 0 Å². The van der Waals surface area contributed by atoms with E-state index in [1.54, 1.807) is 6.20 Å². The zero-order valence-corrected chi connectivity index (χ0v) is 15.8. The van der Waals surface area contributed by atoms with Crippen molar-refractivity contribution in [1.29, 1.82) is 0 Å². The first kappa shape index (κ1) is 18.8. The van der Waals surface area contributed by atoms with Gasteiger partial charge in [0.2, 0.25) is 0 Å². The Morgan fingerprint density at radius 1 is 1.50 bits per heavy atom. The van der Waals surface area contributed by atoms with Crippen LogP contribution in [0.25, 0.3) is 11.0 Å². The fourth-order valence-electron chi connectivity index (χ4n) is 3.14. The monoisotopic (exact) mass is 360 g/mol. The average molecular weight is 360 g/mol. The molecule has 1 amide bonds. The predicted octanol–water partition coefficient (Wildman–Crippen LogP) is 2.64. The number of hydrogen-bond donors (Lipinski definition) is 1. The number of carbonyl (C=O) groups is 1. The van der Waals surface area contributed by atoms with E-state index in [0.717, 1.165) is 36.9 Å². The summed E-state index contributed by atoms with van der Waals surface area (Å²) in [5.74, 6) is -0.103. The van der Waals surface area contributed by atoms with Gasteiger partial charge in [-0.15, -0.1) is 0 Å². The number of rotatable bonds is 8. The second kappa shape index (κ2) is 8.60. The first-order valence-electron chi connectivity index (χ1n) is 9.38. The van der Waals surface area contributed by atoms with Gasteiger partial charge in [-0.25, -0.2) is 9.67 Å². The molecule has 3 rings (SSSR count). The van der Waals surface area contributed by atoms with Crippen LogP contribution < -0.4 is 5.32 Å². The number of carbonyl (C=O) groups excluding carboxylic acids is 1. The molecule has 3 heterocycles. The molecule has 1 N–H and O–H groups in total. The maximum Gasteiger partial charge on any atom is 0.253 e. The molecule has 1 aliphatic rings. The largest absolute Gasteiger partial charge is 0.379 e. The minimum absolute atomic E-state index is 0.103. The van der Waals surface area contributed by atoms with Crippen molar-refractivity contribution in [3.63, 3.8) is 0 Å². The molecular weight excluding hydrogens is 332 g/mol. The van der Waals surface area contributed by atoms with Gasteiger partial charge in [0.05, 0.1) is 30.2 Å². The molecule has 7 heteroatoms. The lowest BCUT2D eigenvalue weighted by Crippen LogP contribution is -2.26. The lowest BCUT2D eigenvalue weighted by Gasteiger charge is -2.11. The predicted molar refractivity (Wildman–Crippen MR) is 99.4 cm³/mol. The fraction of sp³-hybridized carbons (Fsp3) is 0.632. The molecular formula is C19H28N4O3. The number of nitrogens with zero attached hydrogens (tertiary/aromatic N) is 3. The van der Waals surface area contributed by atoms with Crippen molar-refractivity contribution in [2.24, 2.45) is 0 Å². The molecule has 0 aromatic carbocycles. The van der Waals surface area contributed by atoms with E-state index >= 15 is 0 Å². The van der Waals surface area contributed by atoms with Gasteiger partial charge in [0.1, 0.15) is 0 Å². The summed E-state index contributed by atoms with van der Waals surface area (Å²) < 4.78 is 13.0. The highest BCUT2D eigenvalue weighted by Gasteiger charge is 2.16. The first-order chi connectivity index (χ1) is 12.6. The SMILES string of the molecule is Cc1nc2c(cnn2C(C)C)cc1C(=O)NCCCOCC1CCCO1. The molecule has 142 valence electrons. The third-order valence-electron chi connectivity index (χ3n) is 4.57. The van der Waals surface area contributed by atoms with Crippen molar-refractivity contribution in [3.05, 3.63) is 23.5 Å². The molecule has 0 radical (unpaired) electrons. The second-order valence-corrected chi connectivity index (χ2v) is 7.04. The van der Waals surface area contributed by atoms with Crippen molar-refractivity contribution in [1.82, 2.24) is 20.1 Å². The number of amides is 1. The van der Waals surface area contributed by atoms with E-state index in [1.807, 2.05) is 17.7 Å². The Morgan fingerprint density at radius 3 is 3.08 bits per heavy atom. The summed E-state index contributed by atoms with van der Waals surface area (Å²) in [7, 11) is 0. The normalized spacial score (nSPS) is 17.3. The molecule has 1 aliphatic heterocycles. The molecule has 2 aromatic rings. The molecule has 1 unspecified atom stereocenters. The van der Waals surface area contributed by atoms with Crippen molar-refractivity contribution in [2.75, 3.05) is 26.4 Å². The molecule has 26 heavy (non-hydrogen) atoms. The quantitative estimate of drug-likeness (QED) is 0.732. The van der Waals surface area contributed by atoms with Crippen LogP contribution >= 0.6 is 0 Å². The van der Waals surface area contributed by atoms with E-state index in [-0.39, 0.29) is 18.1 Å². The number of nitrogens with one attached hydrogen (secondary N) is 1. The third kappa shape index (κ3) is 4.40. The van der Waals surface area contributed by atoms with Crippen LogP contribution in [-0.4, -0.2) is 53.1 Å². The highest BCUT2D eigenvalue weighted by molar-refractivity contribution is 5.98. The topological polar surface area (TPSA) is 78.3 Å². The maximum absolute atomic E-state index is 12.5. The van der Waals surface area contributed by atoms with Crippen LogP contribution in [-0.2, 0) is 9.47 Å². The summed E-state index contributed by atoms with van der Waals surface area (Å²) in [5.41, 5.74) is 2.13. The molecule has 0 bridgehead atoms. The van der Waals surface area contributed by atoms with Gasteiger partial charge in [-0.2, -0.15) is 5.10 Å². The van der Waals surface area contributed by atoms with Crippen LogP contribution in [0.5, 0.6) is 0 Å². The number of aromatic nitrogens is 3. The lowest BCUT2D eigenvalue weighted by molar-refractivity contribution is 0.0166. The highest BCUT2D eigenvalue weighted by Crippen LogP contribution is 2.19. The van der Waals surface area contributed by atoms with Gasteiger partial charge < -0.3 is 14.8 Å². The van der Waals surface area contributed by atoms with E-state index in [2.05, 4.69) is 29.2 Å². The van der Waals surface area contributed by atoms with Crippen molar-refractivity contribution in [2.45, 2.75) is 52.2 Å². The van der Waals surface area contributed by atoms with Gasteiger partial charge in [0.25, 0.3) is 5.91 Å². The third-order valence-corrected chi connectivity index (χ3v) is 4.57. The number of fused-ring (bicyclic) bond motifs is 1. The van der Waals surface area contributed by atoms with Crippen LogP contribution in [0.2, 0.25) is 0 Å². The molecule has 1 saturated heterocycles. The summed E-state index contributed by atoms with van der Waals surface area (Å²) in [5, 5.41) is 8.19. The Balaban J connectivity index is 1.49. The lowest BCUT2D eigenvalue weighted by atomic mass is 10.1. The molecule has 0 saturated carbocycles. The van der Waals surface area contributed by atoms with Crippen molar-refractivity contribution in [3.8, 4) is 0 Å². The van der Waals surface area contributed by atoms with E-state index in [1.165, 1.54) is 0 Å². The van der Waals surface area contributed by atoms with E-state index in [4.69, 9.17) is 9.47 Å². The number of pyridine rings is 1. The first-order valence-corrected chi connectivity index (χ1v) is 9.38. The zero-order valence-electron chi connectivity index (χ0n) is 15.8. The molecule has 1 atom stereocenters. The number of ether oxygens (including phenoxy) is 2. The van der Waals surface area contributed by atoms with E-state index in [9.17, 15) is 4.79 Å². The van der Waals surface area contributed by atoms with Gasteiger partial charge in [-0.05, 0) is 46.1 Å².